The third kappa shape index (κ3) is 9.12. The van der Waals surface area contributed by atoms with E-state index in [1.165, 1.54) is 53.2 Å². The molecule has 1 atom stereocenters. The summed E-state index contributed by atoms with van der Waals surface area (Å²) in [7, 11) is -4.71. The highest BCUT2D eigenvalue weighted by molar-refractivity contribution is 7.90. The number of nitrogens with zero attached hydrogens (tertiary/aromatic N) is 4. The van der Waals surface area contributed by atoms with Crippen molar-refractivity contribution in [1.82, 2.24) is 19.6 Å². The van der Waals surface area contributed by atoms with Crippen LogP contribution < -0.4 is 24.4 Å². The maximum atomic E-state index is 14.0. The number of sulfonamides is 1. The Morgan fingerprint density at radius 1 is 1.03 bits per heavy atom. The zero-order valence-electron chi connectivity index (χ0n) is 35.1. The van der Waals surface area contributed by atoms with Crippen molar-refractivity contribution in [3.8, 4) is 17.2 Å². The van der Waals surface area contributed by atoms with E-state index in [2.05, 4.69) is 55.8 Å². The number of piperazine rings is 1. The molecule has 14 nitrogen and oxygen atoms in total. The second kappa shape index (κ2) is 17.2. The maximum Gasteiger partial charge on any atom is 0.297 e. The molecule has 1 saturated heterocycles. The van der Waals surface area contributed by atoms with E-state index in [9.17, 15) is 27.7 Å². The molecule has 0 spiro atoms. The minimum atomic E-state index is -4.71. The predicted molar refractivity (Wildman–Crippen MR) is 243 cm³/mol. The Balaban J connectivity index is 0.953. The Morgan fingerprint density at radius 3 is 2.55 bits per heavy atom. The number of nitro benzene ring substituents is 1. The monoisotopic (exact) mass is 905 g/mol. The molecule has 3 aliphatic rings. The van der Waals surface area contributed by atoms with Gasteiger partial charge in [-0.15, -0.1) is 0 Å². The maximum absolute atomic E-state index is 14.0. The number of amides is 1. The van der Waals surface area contributed by atoms with Crippen LogP contribution in [0.1, 0.15) is 60.6 Å². The minimum absolute atomic E-state index is 0.0288. The first kappa shape index (κ1) is 42.8. The lowest BCUT2D eigenvalue weighted by Gasteiger charge is -2.39. The molecular weight excluding hydrogens is 861 g/mol. The first-order valence-corrected chi connectivity index (χ1v) is 22.8. The number of rotatable bonds is 11. The Bertz CT molecular complexity index is 2920. The van der Waals surface area contributed by atoms with E-state index < -0.39 is 43.3 Å². The number of pyridine rings is 1. The Kier molecular flexibility index (Phi) is 11.5. The zero-order chi connectivity index (χ0) is 44.8. The van der Waals surface area contributed by atoms with Crippen LogP contribution in [0.2, 0.25) is 5.02 Å². The molecule has 17 heteroatoms. The van der Waals surface area contributed by atoms with E-state index in [-0.39, 0.29) is 34.8 Å². The van der Waals surface area contributed by atoms with Gasteiger partial charge in [-0.2, -0.15) is 0 Å². The smallest absolute Gasteiger partial charge is 0.297 e. The number of ether oxygens (including phenoxy) is 2. The first-order chi connectivity index (χ1) is 30.7. The van der Waals surface area contributed by atoms with Gasteiger partial charge < -0.3 is 24.7 Å². The van der Waals surface area contributed by atoms with Crippen LogP contribution in [0.5, 0.6) is 17.2 Å². The number of allylic oxidation sites excluding steroid dienone is 1. The van der Waals surface area contributed by atoms with Crippen molar-refractivity contribution in [3.63, 3.8) is 0 Å². The van der Waals surface area contributed by atoms with E-state index in [4.69, 9.17) is 21.1 Å². The molecule has 0 radical (unpaired) electrons. The van der Waals surface area contributed by atoms with Crippen LogP contribution in [-0.4, -0.2) is 73.4 Å². The molecule has 1 aliphatic carbocycles. The zero-order valence-corrected chi connectivity index (χ0v) is 36.6. The fraction of sp³-hybridized carbons (Fsp3) is 0.277. The van der Waals surface area contributed by atoms with Crippen molar-refractivity contribution < 1.29 is 32.0 Å². The quantitative estimate of drug-likeness (QED) is 0.0835. The number of aromatic nitrogens is 2. The van der Waals surface area contributed by atoms with E-state index in [0.717, 1.165) is 67.1 Å². The number of hydrogen-bond acceptors (Lipinski definition) is 11. The highest BCUT2D eigenvalue weighted by Crippen LogP contribution is 2.45. The van der Waals surface area contributed by atoms with Gasteiger partial charge in [0, 0.05) is 73.2 Å². The van der Waals surface area contributed by atoms with E-state index >= 15 is 0 Å². The summed E-state index contributed by atoms with van der Waals surface area (Å²) in [6.45, 7) is 8.47. The van der Waals surface area contributed by atoms with Gasteiger partial charge in [-0.3, -0.25) is 19.8 Å². The van der Waals surface area contributed by atoms with Crippen molar-refractivity contribution in [2.75, 3.05) is 49.5 Å². The van der Waals surface area contributed by atoms with Gasteiger partial charge in [0.25, 0.3) is 21.6 Å². The average Bonchev–Trinajstić information content (AvgIpc) is 3.75. The van der Waals surface area contributed by atoms with Crippen LogP contribution in [0.3, 0.4) is 0 Å². The standard InChI is InChI=1S/C47H45ClFN7O7S/c1-47(2)15-13-32(39(25-47)29-3-7-33(48)8-4-29)27-54-17-19-55(20-18-54)35-11-12-38(42(22-35)63-36-21-31-14-16-50-45(31)51-26-36)46(57)53-64(60,61)37-23-41(56(58)59)44-43(24-37)62-28-40(52-44)30-5-9-34(49)10-6-30/h3-12,14,16,21-24,26,40,52H,13,15,17-20,25,27-28H2,1-2H3,(H,50,51)(H,53,57)/t40-/m1/s1. The van der Waals surface area contributed by atoms with Crippen molar-refractivity contribution in [1.29, 1.82) is 0 Å². The molecule has 1 amide bonds. The van der Waals surface area contributed by atoms with Crippen LogP contribution >= 0.6 is 11.6 Å². The molecule has 1 fully saturated rings. The summed E-state index contributed by atoms with van der Waals surface area (Å²) >= 11 is 6.24. The lowest BCUT2D eigenvalue weighted by atomic mass is 9.72. The molecule has 330 valence electrons. The molecule has 0 saturated carbocycles. The van der Waals surface area contributed by atoms with Crippen LogP contribution in [-0.2, 0) is 10.0 Å². The van der Waals surface area contributed by atoms with Gasteiger partial charge in [0.2, 0.25) is 0 Å². The van der Waals surface area contributed by atoms with Crippen LogP contribution in [0, 0.1) is 21.3 Å². The van der Waals surface area contributed by atoms with Crippen molar-refractivity contribution in [2.24, 2.45) is 5.41 Å². The lowest BCUT2D eigenvalue weighted by molar-refractivity contribution is -0.384. The topological polar surface area (TPSA) is 172 Å². The van der Waals surface area contributed by atoms with Gasteiger partial charge >= 0.3 is 0 Å². The van der Waals surface area contributed by atoms with Crippen LogP contribution in [0.25, 0.3) is 16.6 Å². The molecule has 64 heavy (non-hydrogen) atoms. The van der Waals surface area contributed by atoms with E-state index in [1.54, 1.807) is 24.4 Å². The molecule has 3 N–H and O–H groups in total. The summed E-state index contributed by atoms with van der Waals surface area (Å²) in [6, 6.07) is 23.7. The molecular formula is C47H45ClFN7O7S. The van der Waals surface area contributed by atoms with Gasteiger partial charge in [-0.05, 0) is 89.9 Å². The number of H-pyrrole nitrogens is 1. The number of carbonyl (C=O) groups excluding carboxylic acids is 1. The number of halogens is 2. The highest BCUT2D eigenvalue weighted by Gasteiger charge is 2.33. The van der Waals surface area contributed by atoms with Gasteiger partial charge in [0.1, 0.15) is 29.6 Å². The normalized spacial score (nSPS) is 17.6. The molecule has 0 bridgehead atoms. The fourth-order valence-corrected chi connectivity index (χ4v) is 9.74. The van der Waals surface area contributed by atoms with Gasteiger partial charge in [0.15, 0.2) is 11.4 Å². The highest BCUT2D eigenvalue weighted by atomic mass is 35.5. The summed E-state index contributed by atoms with van der Waals surface area (Å²) < 4.78 is 55.5. The molecule has 2 aliphatic heterocycles. The van der Waals surface area contributed by atoms with Gasteiger partial charge in [-0.1, -0.05) is 55.3 Å². The fourth-order valence-electron chi connectivity index (χ4n) is 8.61. The van der Waals surface area contributed by atoms with Gasteiger partial charge in [0.05, 0.1) is 27.6 Å². The van der Waals surface area contributed by atoms with Crippen molar-refractivity contribution >= 4 is 61.2 Å². The number of benzene rings is 4. The number of aromatic amines is 1. The van der Waals surface area contributed by atoms with Crippen molar-refractivity contribution in [3.05, 3.63) is 147 Å². The number of carbonyl (C=O) groups is 1. The predicted octanol–water partition coefficient (Wildman–Crippen LogP) is 9.51. The SMILES string of the molecule is CC1(C)CCC(CN2CCN(c3ccc(C(=O)NS(=O)(=O)c4cc5c(c([N+](=O)[O-])c4)N[C@@H](c4ccc(F)cc4)CO5)c(Oc4cnc5[nH]ccc5c4)c3)CC2)=C(c2ccc(Cl)cc2)C1. The number of nitrogens with one attached hydrogen (secondary N) is 3. The van der Waals surface area contributed by atoms with E-state index in [1.807, 2.05) is 18.2 Å². The largest absolute Gasteiger partial charge is 0.489 e. The number of hydrogen-bond donors (Lipinski definition) is 3. The minimum Gasteiger partial charge on any atom is -0.489 e. The van der Waals surface area contributed by atoms with Crippen LogP contribution in [0.4, 0.5) is 21.5 Å². The van der Waals surface area contributed by atoms with Gasteiger partial charge in [-0.25, -0.2) is 22.5 Å². The molecule has 4 aromatic carbocycles. The molecule has 6 aromatic rings. The summed E-state index contributed by atoms with van der Waals surface area (Å²) in [6.07, 6.45) is 6.40. The third-order valence-electron chi connectivity index (χ3n) is 12.1. The molecule has 0 unspecified atom stereocenters. The van der Waals surface area contributed by atoms with Crippen LogP contribution in [0.15, 0.2) is 114 Å². The lowest BCUT2D eigenvalue weighted by Crippen LogP contribution is -2.47. The summed E-state index contributed by atoms with van der Waals surface area (Å²) in [5.41, 5.74) is 5.58. The third-order valence-corrected chi connectivity index (χ3v) is 13.7. The molecule has 9 rings (SSSR count). The molecule has 4 heterocycles. The summed E-state index contributed by atoms with van der Waals surface area (Å²) in [4.78, 5) is 37.1. The van der Waals surface area contributed by atoms with E-state index in [0.29, 0.717) is 30.0 Å². The number of nitro groups is 1. The summed E-state index contributed by atoms with van der Waals surface area (Å²) in [5, 5.41) is 16.8. The first-order valence-electron chi connectivity index (χ1n) is 20.9. The Labute approximate surface area is 374 Å². The summed E-state index contributed by atoms with van der Waals surface area (Å²) in [5.74, 6) is -1.15. The Hall–Kier alpha value is -6.49. The second-order valence-electron chi connectivity index (χ2n) is 17.1. The molecule has 2 aromatic heterocycles. The Morgan fingerprint density at radius 2 is 1.80 bits per heavy atom. The second-order valence-corrected chi connectivity index (χ2v) is 19.2. The number of anilines is 2. The average molecular weight is 906 g/mol. The number of fused-ring (bicyclic) bond motifs is 2. The van der Waals surface area contributed by atoms with Crippen molar-refractivity contribution in [2.45, 2.75) is 44.0 Å².